The van der Waals surface area contributed by atoms with Gasteiger partial charge in [-0.2, -0.15) is 0 Å². The Balaban J connectivity index is 3.86. The Morgan fingerprint density at radius 3 is 2.28 bits per heavy atom. The lowest BCUT2D eigenvalue weighted by Crippen LogP contribution is -2.23. The number of rotatable bonds is 16. The molecule has 0 aromatic carbocycles. The zero-order valence-electron chi connectivity index (χ0n) is 16.6. The summed E-state index contributed by atoms with van der Waals surface area (Å²) >= 11 is 0. The summed E-state index contributed by atoms with van der Waals surface area (Å²) in [7, 11) is 0. The number of unbranched alkanes of at least 4 members (excludes halogenated alkanes) is 5. The fourth-order valence-corrected chi connectivity index (χ4v) is 2.96. The molecular weight excluding hydrogens is 314 g/mol. The van der Waals surface area contributed by atoms with Crippen molar-refractivity contribution in [2.45, 2.75) is 97.8 Å². The number of amides is 1. The van der Waals surface area contributed by atoms with Crippen LogP contribution in [-0.2, 0) is 14.3 Å². The molecule has 0 aromatic rings. The van der Waals surface area contributed by atoms with Gasteiger partial charge >= 0.3 is 5.97 Å². The topological polar surface area (TPSA) is 69.4 Å². The van der Waals surface area contributed by atoms with Gasteiger partial charge in [0.05, 0.1) is 6.61 Å². The molecule has 0 fully saturated rings. The van der Waals surface area contributed by atoms with Crippen molar-refractivity contribution in [2.24, 2.45) is 11.7 Å². The van der Waals surface area contributed by atoms with E-state index in [0.29, 0.717) is 13.0 Å². The summed E-state index contributed by atoms with van der Waals surface area (Å²) in [5.74, 6) is -0.313. The standard InChI is InChI=1S/C21H39NO3/c1-4-6-9-13-18(3)14-12-16-19(21(22)24)15-10-7-8-11-17-20(23)25-5-2/h14,19H,4-13,15-17H2,1-3H3,(H2,22,24)/b18-14+. The molecular formula is C21H39NO3. The van der Waals surface area contributed by atoms with Gasteiger partial charge in [-0.05, 0) is 52.4 Å². The molecule has 0 bridgehead atoms. The molecule has 4 nitrogen and oxygen atoms in total. The van der Waals surface area contributed by atoms with Crippen molar-refractivity contribution in [3.05, 3.63) is 11.6 Å². The molecule has 0 saturated carbocycles. The van der Waals surface area contributed by atoms with Crippen LogP contribution >= 0.6 is 0 Å². The summed E-state index contributed by atoms with van der Waals surface area (Å²) in [4.78, 5) is 22.8. The molecule has 1 unspecified atom stereocenters. The Bertz CT molecular complexity index is 391. The van der Waals surface area contributed by atoms with Crippen LogP contribution in [0.5, 0.6) is 0 Å². The minimum absolute atomic E-state index is 0.0234. The van der Waals surface area contributed by atoms with Gasteiger partial charge in [-0.3, -0.25) is 9.59 Å². The van der Waals surface area contributed by atoms with Crippen molar-refractivity contribution >= 4 is 11.9 Å². The van der Waals surface area contributed by atoms with E-state index >= 15 is 0 Å². The van der Waals surface area contributed by atoms with Crippen LogP contribution < -0.4 is 5.73 Å². The van der Waals surface area contributed by atoms with Crippen LogP contribution in [0.15, 0.2) is 11.6 Å². The molecule has 0 saturated heterocycles. The van der Waals surface area contributed by atoms with Crippen molar-refractivity contribution in [3.63, 3.8) is 0 Å². The molecule has 1 atom stereocenters. The summed E-state index contributed by atoms with van der Waals surface area (Å²) in [6.07, 6.45) is 14.3. The van der Waals surface area contributed by atoms with Crippen LogP contribution in [0.25, 0.3) is 0 Å². The molecule has 0 rings (SSSR count). The van der Waals surface area contributed by atoms with Crippen LogP contribution in [0, 0.1) is 5.92 Å². The van der Waals surface area contributed by atoms with E-state index in [9.17, 15) is 9.59 Å². The van der Waals surface area contributed by atoms with Gasteiger partial charge in [0, 0.05) is 12.3 Å². The third-order valence-corrected chi connectivity index (χ3v) is 4.57. The van der Waals surface area contributed by atoms with Gasteiger partial charge in [-0.25, -0.2) is 0 Å². The first kappa shape index (κ1) is 23.7. The maximum atomic E-state index is 11.6. The Hall–Kier alpha value is -1.32. The molecule has 0 radical (unpaired) electrons. The van der Waals surface area contributed by atoms with Crippen molar-refractivity contribution < 1.29 is 14.3 Å². The molecule has 4 heteroatoms. The molecule has 25 heavy (non-hydrogen) atoms. The molecule has 2 N–H and O–H groups in total. The van der Waals surface area contributed by atoms with Crippen LogP contribution in [0.3, 0.4) is 0 Å². The second-order valence-electron chi connectivity index (χ2n) is 6.94. The third kappa shape index (κ3) is 14.7. The van der Waals surface area contributed by atoms with Crippen molar-refractivity contribution in [2.75, 3.05) is 6.61 Å². The van der Waals surface area contributed by atoms with Crippen molar-refractivity contribution in [3.8, 4) is 0 Å². The van der Waals surface area contributed by atoms with Gasteiger partial charge in [0.25, 0.3) is 0 Å². The summed E-state index contributed by atoms with van der Waals surface area (Å²) < 4.78 is 4.91. The lowest BCUT2D eigenvalue weighted by molar-refractivity contribution is -0.143. The van der Waals surface area contributed by atoms with Gasteiger partial charge in [0.2, 0.25) is 5.91 Å². The number of hydrogen-bond donors (Lipinski definition) is 1. The Labute approximate surface area is 154 Å². The number of ether oxygens (including phenoxy) is 1. The Morgan fingerprint density at radius 1 is 0.960 bits per heavy atom. The number of carbonyl (C=O) groups excluding carboxylic acids is 2. The van der Waals surface area contributed by atoms with Gasteiger partial charge in [-0.1, -0.05) is 50.7 Å². The molecule has 1 amide bonds. The van der Waals surface area contributed by atoms with E-state index in [1.807, 2.05) is 6.92 Å². The molecule has 0 aliphatic heterocycles. The zero-order chi connectivity index (χ0) is 18.9. The third-order valence-electron chi connectivity index (χ3n) is 4.57. The van der Waals surface area contributed by atoms with Crippen LogP contribution in [0.4, 0.5) is 0 Å². The highest BCUT2D eigenvalue weighted by Gasteiger charge is 2.14. The normalized spacial score (nSPS) is 12.8. The molecule has 0 aliphatic rings. The Morgan fingerprint density at radius 2 is 1.64 bits per heavy atom. The average molecular weight is 354 g/mol. The summed E-state index contributed by atoms with van der Waals surface area (Å²) in [6, 6.07) is 0. The first-order valence-electron chi connectivity index (χ1n) is 10.1. The predicted molar refractivity (Wildman–Crippen MR) is 104 cm³/mol. The van der Waals surface area contributed by atoms with Gasteiger partial charge in [0.15, 0.2) is 0 Å². The van der Waals surface area contributed by atoms with Crippen LogP contribution in [-0.4, -0.2) is 18.5 Å². The second kappa shape index (κ2) is 16.2. The van der Waals surface area contributed by atoms with E-state index in [2.05, 4.69) is 19.9 Å². The molecule has 0 aromatic heterocycles. The zero-order valence-corrected chi connectivity index (χ0v) is 16.6. The molecule has 0 spiro atoms. The molecule has 0 aliphatic carbocycles. The predicted octanol–water partition coefficient (Wildman–Crippen LogP) is 5.30. The highest BCUT2D eigenvalue weighted by Crippen LogP contribution is 2.18. The first-order valence-corrected chi connectivity index (χ1v) is 10.1. The lowest BCUT2D eigenvalue weighted by atomic mass is 9.94. The lowest BCUT2D eigenvalue weighted by Gasteiger charge is -2.12. The summed E-state index contributed by atoms with van der Waals surface area (Å²) in [5, 5.41) is 0. The maximum absolute atomic E-state index is 11.6. The smallest absolute Gasteiger partial charge is 0.305 e. The molecule has 146 valence electrons. The average Bonchev–Trinajstić information content (AvgIpc) is 2.56. The fourth-order valence-electron chi connectivity index (χ4n) is 2.96. The Kier molecular flexibility index (Phi) is 15.3. The number of nitrogens with two attached hydrogens (primary N) is 1. The van der Waals surface area contributed by atoms with E-state index in [-0.39, 0.29) is 17.8 Å². The van der Waals surface area contributed by atoms with E-state index < -0.39 is 0 Å². The van der Waals surface area contributed by atoms with Crippen molar-refractivity contribution in [1.82, 2.24) is 0 Å². The highest BCUT2D eigenvalue weighted by molar-refractivity contribution is 5.76. The summed E-state index contributed by atoms with van der Waals surface area (Å²) in [6.45, 7) is 6.67. The van der Waals surface area contributed by atoms with E-state index in [1.54, 1.807) is 0 Å². The summed E-state index contributed by atoms with van der Waals surface area (Å²) in [5.41, 5.74) is 6.97. The minimum Gasteiger partial charge on any atom is -0.466 e. The largest absolute Gasteiger partial charge is 0.466 e. The monoisotopic (exact) mass is 353 g/mol. The quantitative estimate of drug-likeness (QED) is 0.232. The van der Waals surface area contributed by atoms with Gasteiger partial charge in [-0.15, -0.1) is 0 Å². The number of primary amides is 1. The van der Waals surface area contributed by atoms with Crippen molar-refractivity contribution in [1.29, 1.82) is 0 Å². The van der Waals surface area contributed by atoms with Crippen LogP contribution in [0.2, 0.25) is 0 Å². The number of esters is 1. The SMILES string of the molecule is CCCCC/C(C)=C/CCC(CCCCCCC(=O)OCC)C(N)=O. The highest BCUT2D eigenvalue weighted by atomic mass is 16.5. The number of hydrogen-bond acceptors (Lipinski definition) is 3. The molecule has 0 heterocycles. The van der Waals surface area contributed by atoms with E-state index in [0.717, 1.165) is 51.4 Å². The fraction of sp³-hybridized carbons (Fsp3) is 0.810. The number of allylic oxidation sites excluding steroid dienone is 2. The van der Waals surface area contributed by atoms with E-state index in [4.69, 9.17) is 10.5 Å². The number of carbonyl (C=O) groups is 2. The van der Waals surface area contributed by atoms with E-state index in [1.165, 1.54) is 24.8 Å². The van der Waals surface area contributed by atoms with Crippen LogP contribution in [0.1, 0.15) is 97.8 Å². The first-order chi connectivity index (χ1) is 12.0. The maximum Gasteiger partial charge on any atom is 0.305 e. The van der Waals surface area contributed by atoms with Gasteiger partial charge < -0.3 is 10.5 Å². The second-order valence-corrected chi connectivity index (χ2v) is 6.94. The van der Waals surface area contributed by atoms with Gasteiger partial charge in [0.1, 0.15) is 0 Å². The minimum atomic E-state index is -0.177.